The Labute approximate surface area is 219 Å². The molecule has 0 bridgehead atoms. The maximum Gasteiger partial charge on any atom is 0.312 e. The third-order valence-corrected chi connectivity index (χ3v) is 13.9. The smallest absolute Gasteiger partial charge is 0.312 e. The first-order chi connectivity index (χ1) is 16.9. The van der Waals surface area contributed by atoms with Crippen molar-refractivity contribution in [2.45, 2.75) is 112 Å². The lowest BCUT2D eigenvalue weighted by molar-refractivity contribution is -0.254. The lowest BCUT2D eigenvalue weighted by Gasteiger charge is -2.72. The predicted molar refractivity (Wildman–Crippen MR) is 143 cm³/mol. The van der Waals surface area contributed by atoms with Gasteiger partial charge in [0.25, 0.3) is 0 Å². The van der Waals surface area contributed by atoms with Crippen LogP contribution in [0.3, 0.4) is 0 Å². The normalized spacial score (nSPS) is 54.0. The van der Waals surface area contributed by atoms with E-state index in [-0.39, 0.29) is 34.2 Å². The van der Waals surface area contributed by atoms with Gasteiger partial charge < -0.3 is 14.9 Å². The van der Waals surface area contributed by atoms with Gasteiger partial charge in [0.15, 0.2) is 0 Å². The molecule has 5 aliphatic rings. The molecule has 5 rings (SSSR count). The Morgan fingerprint density at radius 2 is 1.64 bits per heavy atom. The second kappa shape index (κ2) is 8.57. The molecule has 0 heterocycles. The first-order valence-corrected chi connectivity index (χ1v) is 15.0. The Balaban J connectivity index is 1.55. The number of ether oxygens (including phenoxy) is 1. The van der Waals surface area contributed by atoms with Crippen molar-refractivity contribution in [3.8, 4) is 0 Å². The zero-order valence-electron chi connectivity index (χ0n) is 23.9. The molecule has 0 spiro atoms. The number of carbonyl (C=O) groups is 1. The lowest BCUT2D eigenvalue weighted by Crippen LogP contribution is -2.67. The van der Waals surface area contributed by atoms with Crippen molar-refractivity contribution in [3.63, 3.8) is 0 Å². The maximum absolute atomic E-state index is 13.6. The molecule has 204 valence electrons. The van der Waals surface area contributed by atoms with Crippen molar-refractivity contribution in [1.29, 1.82) is 0 Å². The molecule has 4 nitrogen and oxygen atoms in total. The van der Waals surface area contributed by atoms with Crippen LogP contribution in [0.2, 0.25) is 0 Å². The van der Waals surface area contributed by atoms with Crippen LogP contribution in [0.4, 0.5) is 0 Å². The average molecular weight is 501 g/mol. The summed E-state index contributed by atoms with van der Waals surface area (Å²) in [6, 6.07) is 0. The summed E-state index contributed by atoms with van der Waals surface area (Å²) in [5.41, 5.74) is 1.01. The molecule has 0 aromatic rings. The van der Waals surface area contributed by atoms with E-state index in [1.54, 1.807) is 0 Å². The van der Waals surface area contributed by atoms with E-state index in [0.29, 0.717) is 36.2 Å². The number of aliphatic hydroxyl groups is 2. The molecule has 0 radical (unpaired) electrons. The van der Waals surface area contributed by atoms with E-state index in [1.807, 2.05) is 6.92 Å². The molecular formula is C32H52O4. The number of esters is 1. The molecule has 0 saturated heterocycles. The quantitative estimate of drug-likeness (QED) is 0.340. The zero-order chi connectivity index (χ0) is 26.3. The third kappa shape index (κ3) is 3.15. The Morgan fingerprint density at radius 3 is 2.28 bits per heavy atom. The van der Waals surface area contributed by atoms with Crippen molar-refractivity contribution in [1.82, 2.24) is 0 Å². The minimum absolute atomic E-state index is 0.0590. The SMILES string of the molecule is C=C(C)[C@@H]1CC[C@]2(C(=O)OCC)CC[C@]3(C)C(CCC4[C@@]5(C)CC[C@H](O)[C@@](C)(CO)[C@@H]5CC[C@]43C)C12. The van der Waals surface area contributed by atoms with E-state index in [4.69, 9.17) is 4.74 Å². The molecule has 11 atom stereocenters. The van der Waals surface area contributed by atoms with Crippen LogP contribution in [0.25, 0.3) is 0 Å². The summed E-state index contributed by atoms with van der Waals surface area (Å²) in [6.07, 6.45) is 10.1. The highest BCUT2D eigenvalue weighted by Crippen LogP contribution is 2.77. The number of aliphatic hydroxyl groups excluding tert-OH is 2. The first-order valence-electron chi connectivity index (χ1n) is 15.0. The van der Waals surface area contributed by atoms with E-state index < -0.39 is 11.5 Å². The Bertz CT molecular complexity index is 914. The van der Waals surface area contributed by atoms with E-state index in [9.17, 15) is 15.0 Å². The monoisotopic (exact) mass is 500 g/mol. The summed E-state index contributed by atoms with van der Waals surface area (Å²) in [6.45, 7) is 18.9. The van der Waals surface area contributed by atoms with Gasteiger partial charge in [0.1, 0.15) is 0 Å². The molecule has 4 heteroatoms. The minimum atomic E-state index is -0.411. The Morgan fingerprint density at radius 1 is 0.917 bits per heavy atom. The fraction of sp³-hybridized carbons (Fsp3) is 0.906. The van der Waals surface area contributed by atoms with Crippen LogP contribution >= 0.6 is 0 Å². The number of allylic oxidation sites excluding steroid dienone is 1. The molecular weight excluding hydrogens is 448 g/mol. The van der Waals surface area contributed by atoms with Gasteiger partial charge in [-0.25, -0.2) is 0 Å². The van der Waals surface area contributed by atoms with Crippen LogP contribution in [0, 0.1) is 56.7 Å². The number of hydrogen-bond acceptors (Lipinski definition) is 4. The Hall–Kier alpha value is -0.870. The molecule has 0 aromatic carbocycles. The molecule has 5 fully saturated rings. The molecule has 5 aliphatic carbocycles. The highest BCUT2D eigenvalue weighted by atomic mass is 16.5. The second-order valence-corrected chi connectivity index (χ2v) is 14.8. The van der Waals surface area contributed by atoms with E-state index in [2.05, 4.69) is 41.2 Å². The standard InChI is InChI=1S/C32H52O4/c1-8-36-27(35)32-16-11-21(20(2)3)26(32)22-9-10-24-28(4)14-13-25(34)29(5,19-33)23(28)12-15-31(24,7)30(22,6)17-18-32/h21-26,33-34H,2,8-19H2,1,3-7H3/t21-,22?,23+,24?,25-,26?,28-,29-,30+,31+,32-/m0/s1. The van der Waals surface area contributed by atoms with E-state index >= 15 is 0 Å². The van der Waals surface area contributed by atoms with E-state index in [1.165, 1.54) is 18.4 Å². The zero-order valence-corrected chi connectivity index (χ0v) is 23.9. The fourth-order valence-electron chi connectivity index (χ4n) is 11.8. The van der Waals surface area contributed by atoms with Crippen molar-refractivity contribution in [3.05, 3.63) is 12.2 Å². The molecule has 0 amide bonds. The summed E-state index contributed by atoms with van der Waals surface area (Å²) in [5.74, 6) is 2.26. The van der Waals surface area contributed by atoms with Crippen molar-refractivity contribution in [2.24, 2.45) is 56.7 Å². The highest BCUT2D eigenvalue weighted by molar-refractivity contribution is 5.78. The molecule has 0 aromatic heterocycles. The van der Waals surface area contributed by atoms with Crippen molar-refractivity contribution >= 4 is 5.97 Å². The second-order valence-electron chi connectivity index (χ2n) is 14.8. The van der Waals surface area contributed by atoms with Crippen LogP contribution in [0.15, 0.2) is 12.2 Å². The van der Waals surface area contributed by atoms with Crippen LogP contribution in [-0.4, -0.2) is 35.5 Å². The van der Waals surface area contributed by atoms with Gasteiger partial charge in [-0.15, -0.1) is 0 Å². The summed E-state index contributed by atoms with van der Waals surface area (Å²) in [4.78, 5) is 13.6. The van der Waals surface area contributed by atoms with Crippen LogP contribution in [-0.2, 0) is 9.53 Å². The third-order valence-electron chi connectivity index (χ3n) is 13.9. The van der Waals surface area contributed by atoms with Crippen molar-refractivity contribution in [2.75, 3.05) is 13.2 Å². The van der Waals surface area contributed by atoms with Gasteiger partial charge in [0.2, 0.25) is 0 Å². The molecule has 0 aliphatic heterocycles. The van der Waals surface area contributed by atoms with Gasteiger partial charge in [0.05, 0.1) is 24.7 Å². The maximum atomic E-state index is 13.6. The number of hydrogen-bond donors (Lipinski definition) is 2. The van der Waals surface area contributed by atoms with Crippen LogP contribution in [0.1, 0.15) is 106 Å². The van der Waals surface area contributed by atoms with Gasteiger partial charge in [0, 0.05) is 5.41 Å². The molecule has 36 heavy (non-hydrogen) atoms. The fourth-order valence-corrected chi connectivity index (χ4v) is 11.8. The molecule has 3 unspecified atom stereocenters. The Kier molecular flexibility index (Phi) is 6.36. The molecule has 2 N–H and O–H groups in total. The minimum Gasteiger partial charge on any atom is -0.466 e. The lowest BCUT2D eigenvalue weighted by atomic mass is 9.32. The van der Waals surface area contributed by atoms with Gasteiger partial charge >= 0.3 is 5.97 Å². The summed E-state index contributed by atoms with van der Waals surface area (Å²) in [7, 11) is 0. The predicted octanol–water partition coefficient (Wildman–Crippen LogP) is 6.54. The van der Waals surface area contributed by atoms with Gasteiger partial charge in [-0.2, -0.15) is 0 Å². The summed E-state index contributed by atoms with van der Waals surface area (Å²) in [5, 5.41) is 21.4. The number of rotatable bonds is 4. The number of fused-ring (bicyclic) bond motifs is 7. The largest absolute Gasteiger partial charge is 0.466 e. The van der Waals surface area contributed by atoms with E-state index in [0.717, 1.165) is 51.4 Å². The van der Waals surface area contributed by atoms with Gasteiger partial charge in [-0.1, -0.05) is 39.8 Å². The highest BCUT2D eigenvalue weighted by Gasteiger charge is 2.72. The van der Waals surface area contributed by atoms with Crippen LogP contribution < -0.4 is 0 Å². The summed E-state index contributed by atoms with van der Waals surface area (Å²) >= 11 is 0. The average Bonchev–Trinajstić information content (AvgIpc) is 3.24. The van der Waals surface area contributed by atoms with Gasteiger partial charge in [-0.3, -0.25) is 4.79 Å². The van der Waals surface area contributed by atoms with Crippen LogP contribution in [0.5, 0.6) is 0 Å². The van der Waals surface area contributed by atoms with Gasteiger partial charge in [-0.05, 0) is 124 Å². The van der Waals surface area contributed by atoms with Crippen molar-refractivity contribution < 1.29 is 19.7 Å². The summed E-state index contributed by atoms with van der Waals surface area (Å²) < 4.78 is 5.77. The number of carbonyl (C=O) groups excluding carboxylic acids is 1. The topological polar surface area (TPSA) is 66.8 Å². The molecule has 5 saturated carbocycles. The first kappa shape index (κ1) is 26.7.